The SMILES string of the molecule is COc1ccc(-[n+]2cscc2C)cc1. The van der Waals surface area contributed by atoms with E-state index in [1.165, 1.54) is 11.4 Å². The molecule has 1 aromatic carbocycles. The summed E-state index contributed by atoms with van der Waals surface area (Å²) in [6.07, 6.45) is 0. The van der Waals surface area contributed by atoms with Gasteiger partial charge in [-0.15, -0.1) is 0 Å². The highest BCUT2D eigenvalue weighted by Gasteiger charge is 2.10. The van der Waals surface area contributed by atoms with E-state index in [0.717, 1.165) is 5.75 Å². The number of hydrogen-bond donors (Lipinski definition) is 0. The smallest absolute Gasteiger partial charge is 0.230 e. The van der Waals surface area contributed by atoms with Gasteiger partial charge in [0.25, 0.3) is 0 Å². The van der Waals surface area contributed by atoms with Gasteiger partial charge in [0.05, 0.1) is 12.5 Å². The summed E-state index contributed by atoms with van der Waals surface area (Å²) in [4.78, 5) is 0. The van der Waals surface area contributed by atoms with Gasteiger partial charge >= 0.3 is 0 Å². The van der Waals surface area contributed by atoms with Gasteiger partial charge in [-0.2, -0.15) is 4.57 Å². The van der Waals surface area contributed by atoms with Crippen LogP contribution >= 0.6 is 11.3 Å². The van der Waals surface area contributed by atoms with Gasteiger partial charge in [0.1, 0.15) is 5.75 Å². The van der Waals surface area contributed by atoms with E-state index in [-0.39, 0.29) is 0 Å². The van der Waals surface area contributed by atoms with Crippen LogP contribution in [0, 0.1) is 6.92 Å². The van der Waals surface area contributed by atoms with Crippen LogP contribution < -0.4 is 9.30 Å². The molecule has 2 nitrogen and oxygen atoms in total. The number of nitrogens with zero attached hydrogens (tertiary/aromatic N) is 1. The van der Waals surface area contributed by atoms with E-state index in [4.69, 9.17) is 4.74 Å². The molecule has 0 bridgehead atoms. The van der Waals surface area contributed by atoms with Crippen molar-refractivity contribution in [3.05, 3.63) is 40.8 Å². The minimum atomic E-state index is 0.891. The van der Waals surface area contributed by atoms with Crippen LogP contribution in [0.3, 0.4) is 0 Å². The van der Waals surface area contributed by atoms with Gasteiger partial charge in [0, 0.05) is 19.1 Å². The number of hydrogen-bond acceptors (Lipinski definition) is 2. The molecule has 2 rings (SSSR count). The van der Waals surface area contributed by atoms with Crippen molar-refractivity contribution in [2.45, 2.75) is 6.92 Å². The normalized spacial score (nSPS) is 10.1. The van der Waals surface area contributed by atoms with E-state index in [2.05, 4.69) is 34.5 Å². The molecule has 0 saturated carbocycles. The minimum absolute atomic E-state index is 0.891. The van der Waals surface area contributed by atoms with Crippen molar-refractivity contribution in [1.29, 1.82) is 0 Å². The minimum Gasteiger partial charge on any atom is -0.497 e. The van der Waals surface area contributed by atoms with E-state index >= 15 is 0 Å². The second-order valence-electron chi connectivity index (χ2n) is 3.07. The highest BCUT2D eigenvalue weighted by atomic mass is 32.1. The summed E-state index contributed by atoms with van der Waals surface area (Å²) < 4.78 is 7.27. The fourth-order valence-electron chi connectivity index (χ4n) is 1.34. The van der Waals surface area contributed by atoms with Crippen molar-refractivity contribution in [2.75, 3.05) is 7.11 Å². The van der Waals surface area contributed by atoms with Crippen molar-refractivity contribution < 1.29 is 9.30 Å². The lowest BCUT2D eigenvalue weighted by atomic mass is 10.3. The lowest BCUT2D eigenvalue weighted by molar-refractivity contribution is -0.597. The monoisotopic (exact) mass is 206 g/mol. The van der Waals surface area contributed by atoms with Crippen molar-refractivity contribution >= 4 is 11.3 Å². The van der Waals surface area contributed by atoms with Crippen LogP contribution in [0.2, 0.25) is 0 Å². The zero-order chi connectivity index (χ0) is 9.97. The summed E-state index contributed by atoms with van der Waals surface area (Å²) in [7, 11) is 1.68. The number of rotatable bonds is 2. The molecule has 0 aliphatic rings. The number of thiazole rings is 1. The van der Waals surface area contributed by atoms with Gasteiger partial charge in [-0.3, -0.25) is 0 Å². The Morgan fingerprint density at radius 2 is 1.93 bits per heavy atom. The maximum Gasteiger partial charge on any atom is 0.230 e. The molecule has 0 aliphatic carbocycles. The molecule has 14 heavy (non-hydrogen) atoms. The molecule has 0 fully saturated rings. The first kappa shape index (κ1) is 9.21. The lowest BCUT2D eigenvalue weighted by Crippen LogP contribution is -2.30. The number of aryl methyl sites for hydroxylation is 1. The Labute approximate surface area is 87.4 Å². The third-order valence-electron chi connectivity index (χ3n) is 2.14. The van der Waals surface area contributed by atoms with Crippen LogP contribution in [0.1, 0.15) is 5.69 Å². The van der Waals surface area contributed by atoms with Crippen molar-refractivity contribution in [2.24, 2.45) is 0 Å². The molecule has 0 spiro atoms. The summed E-state index contributed by atoms with van der Waals surface area (Å²) in [5.41, 5.74) is 4.52. The van der Waals surface area contributed by atoms with E-state index in [1.807, 2.05) is 12.1 Å². The molecule has 0 saturated heterocycles. The summed E-state index contributed by atoms with van der Waals surface area (Å²) in [5.74, 6) is 0.891. The quantitative estimate of drug-likeness (QED) is 0.687. The molecule has 1 heterocycles. The first-order valence-electron chi connectivity index (χ1n) is 4.40. The van der Waals surface area contributed by atoms with Gasteiger partial charge in [0.15, 0.2) is 5.69 Å². The average Bonchev–Trinajstić information content (AvgIpc) is 2.65. The number of ether oxygens (including phenoxy) is 1. The summed E-state index contributed by atoms with van der Waals surface area (Å²) in [5, 5.41) is 2.13. The van der Waals surface area contributed by atoms with Crippen LogP contribution in [-0.2, 0) is 0 Å². The summed E-state index contributed by atoms with van der Waals surface area (Å²) >= 11 is 1.70. The van der Waals surface area contributed by atoms with Gasteiger partial charge in [0.2, 0.25) is 11.2 Å². The Hall–Kier alpha value is -1.35. The summed E-state index contributed by atoms with van der Waals surface area (Å²) in [6.45, 7) is 2.10. The first-order chi connectivity index (χ1) is 6.81. The predicted molar refractivity (Wildman–Crippen MR) is 57.1 cm³/mol. The van der Waals surface area contributed by atoms with E-state index in [1.54, 1.807) is 18.4 Å². The molecule has 0 aliphatic heterocycles. The van der Waals surface area contributed by atoms with Crippen molar-refractivity contribution in [3.8, 4) is 11.4 Å². The highest BCUT2D eigenvalue weighted by Crippen LogP contribution is 2.12. The second-order valence-corrected chi connectivity index (χ2v) is 3.79. The molecular weight excluding hydrogens is 194 g/mol. The fraction of sp³-hybridized carbons (Fsp3) is 0.182. The lowest BCUT2D eigenvalue weighted by Gasteiger charge is -1.98. The zero-order valence-corrected chi connectivity index (χ0v) is 9.04. The standard InChI is InChI=1S/C11H12NOS/c1-9-7-14-8-12(9)10-3-5-11(13-2)6-4-10/h3-8H,1-2H3/q+1. The molecule has 72 valence electrons. The molecule has 0 N–H and O–H groups in total. The largest absolute Gasteiger partial charge is 0.497 e. The third-order valence-corrected chi connectivity index (χ3v) is 2.95. The van der Waals surface area contributed by atoms with Gasteiger partial charge < -0.3 is 4.74 Å². The average molecular weight is 206 g/mol. The van der Waals surface area contributed by atoms with E-state index < -0.39 is 0 Å². The van der Waals surface area contributed by atoms with Crippen LogP contribution in [-0.4, -0.2) is 7.11 Å². The molecule has 2 aromatic rings. The maximum absolute atomic E-state index is 5.11. The number of aromatic nitrogens is 1. The number of benzene rings is 1. The maximum atomic E-state index is 5.11. The van der Waals surface area contributed by atoms with E-state index in [0.29, 0.717) is 0 Å². The van der Waals surface area contributed by atoms with Crippen LogP contribution in [0.25, 0.3) is 5.69 Å². The molecule has 0 radical (unpaired) electrons. The summed E-state index contributed by atoms with van der Waals surface area (Å²) in [6, 6.07) is 8.05. The highest BCUT2D eigenvalue weighted by molar-refractivity contribution is 7.07. The van der Waals surface area contributed by atoms with E-state index in [9.17, 15) is 0 Å². The third kappa shape index (κ3) is 1.63. The van der Waals surface area contributed by atoms with Gasteiger partial charge in [-0.05, 0) is 12.1 Å². The van der Waals surface area contributed by atoms with Gasteiger partial charge in [-0.1, -0.05) is 11.3 Å². The van der Waals surface area contributed by atoms with Crippen LogP contribution in [0.5, 0.6) is 5.75 Å². The Bertz CT molecular complexity index is 419. The van der Waals surface area contributed by atoms with Gasteiger partial charge in [-0.25, -0.2) is 0 Å². The Kier molecular flexibility index (Phi) is 2.50. The van der Waals surface area contributed by atoms with Crippen molar-refractivity contribution in [3.63, 3.8) is 0 Å². The van der Waals surface area contributed by atoms with Crippen LogP contribution in [0.15, 0.2) is 35.2 Å². The number of methoxy groups -OCH3 is 1. The molecule has 0 unspecified atom stereocenters. The fourth-order valence-corrected chi connectivity index (χ4v) is 2.12. The Morgan fingerprint density at radius 1 is 1.21 bits per heavy atom. The predicted octanol–water partition coefficient (Wildman–Crippen LogP) is 2.34. The molecule has 0 amide bonds. The van der Waals surface area contributed by atoms with Crippen LogP contribution in [0.4, 0.5) is 0 Å². The molecular formula is C11H12NOS+. The molecule has 1 aromatic heterocycles. The topological polar surface area (TPSA) is 13.1 Å². The molecule has 3 heteroatoms. The first-order valence-corrected chi connectivity index (χ1v) is 5.34. The van der Waals surface area contributed by atoms with Crippen molar-refractivity contribution in [1.82, 2.24) is 0 Å². The Balaban J connectivity index is 2.39. The zero-order valence-electron chi connectivity index (χ0n) is 8.23. The second kappa shape index (κ2) is 3.80. The Morgan fingerprint density at radius 3 is 2.43 bits per heavy atom. The molecule has 0 atom stereocenters.